The van der Waals surface area contributed by atoms with Crippen molar-refractivity contribution in [3.63, 3.8) is 0 Å². The minimum absolute atomic E-state index is 0.197. The highest BCUT2D eigenvalue weighted by atomic mass is 16.5. The van der Waals surface area contributed by atoms with Crippen molar-refractivity contribution in [1.29, 1.82) is 0 Å². The maximum atomic E-state index is 14.0. The molecule has 2 amide bonds. The van der Waals surface area contributed by atoms with Crippen LogP contribution >= 0.6 is 0 Å². The average molecular weight is 657 g/mol. The number of nitrogens with one attached hydrogen (secondary N) is 2. The second-order valence-corrected chi connectivity index (χ2v) is 11.6. The van der Waals surface area contributed by atoms with Crippen LogP contribution in [0.25, 0.3) is 0 Å². The van der Waals surface area contributed by atoms with Crippen LogP contribution in [0.3, 0.4) is 0 Å². The number of nitrogens with zero attached hydrogens (tertiary/aromatic N) is 4. The highest BCUT2D eigenvalue weighted by Gasteiger charge is 2.44. The molecule has 6 heterocycles. The SMILES string of the molecule is CCn1ncnc1CN1CCC2(CC1)Oc1ccc(cc1)OCCNC(=O)c1ccc(c(OC)c1)Oc1ccc(cc1OC)CNC2=O. The third-order valence-corrected chi connectivity index (χ3v) is 8.56. The van der Waals surface area contributed by atoms with E-state index in [0.29, 0.717) is 72.5 Å². The lowest BCUT2D eigenvalue weighted by Gasteiger charge is -2.40. The van der Waals surface area contributed by atoms with Crippen molar-refractivity contribution in [2.45, 2.75) is 45.0 Å². The molecule has 5 aliphatic rings. The van der Waals surface area contributed by atoms with E-state index in [4.69, 9.17) is 23.7 Å². The Labute approximate surface area is 279 Å². The number of piperidine rings is 1. The second kappa shape index (κ2) is 14.6. The fourth-order valence-electron chi connectivity index (χ4n) is 5.85. The third-order valence-electron chi connectivity index (χ3n) is 8.56. The van der Waals surface area contributed by atoms with E-state index in [0.717, 1.165) is 17.9 Å². The summed E-state index contributed by atoms with van der Waals surface area (Å²) >= 11 is 0. The van der Waals surface area contributed by atoms with E-state index in [1.807, 2.05) is 23.7 Å². The molecule has 0 radical (unpaired) electrons. The molecule has 1 spiro atoms. The van der Waals surface area contributed by atoms with Gasteiger partial charge in [0.1, 0.15) is 30.3 Å². The van der Waals surface area contributed by atoms with Crippen molar-refractivity contribution < 1.29 is 33.3 Å². The van der Waals surface area contributed by atoms with Gasteiger partial charge in [0.05, 0.1) is 27.3 Å². The zero-order valence-electron chi connectivity index (χ0n) is 27.4. The summed E-state index contributed by atoms with van der Waals surface area (Å²) in [5.41, 5.74) is 0.144. The van der Waals surface area contributed by atoms with E-state index < -0.39 is 5.60 Å². The van der Waals surface area contributed by atoms with Crippen molar-refractivity contribution in [2.24, 2.45) is 0 Å². The molecule has 0 atom stereocenters. The molecule has 48 heavy (non-hydrogen) atoms. The Morgan fingerprint density at radius 3 is 2.33 bits per heavy atom. The van der Waals surface area contributed by atoms with E-state index in [9.17, 15) is 9.59 Å². The molecule has 252 valence electrons. The van der Waals surface area contributed by atoms with E-state index in [1.54, 1.807) is 62.0 Å². The predicted molar refractivity (Wildman–Crippen MR) is 176 cm³/mol. The van der Waals surface area contributed by atoms with Gasteiger partial charge in [0.25, 0.3) is 11.8 Å². The van der Waals surface area contributed by atoms with Crippen LogP contribution in [0.2, 0.25) is 0 Å². The van der Waals surface area contributed by atoms with Crippen LogP contribution in [0.1, 0.15) is 41.5 Å². The van der Waals surface area contributed by atoms with Gasteiger partial charge < -0.3 is 34.3 Å². The molecule has 1 saturated heterocycles. The maximum absolute atomic E-state index is 14.0. The zero-order chi connectivity index (χ0) is 33.5. The summed E-state index contributed by atoms with van der Waals surface area (Å²) in [5, 5.41) is 10.3. The van der Waals surface area contributed by atoms with Crippen molar-refractivity contribution in [1.82, 2.24) is 30.3 Å². The Hall–Kier alpha value is -5.30. The molecule has 0 unspecified atom stereocenters. The summed E-state index contributed by atoms with van der Waals surface area (Å²) in [5.74, 6) is 3.33. The summed E-state index contributed by atoms with van der Waals surface area (Å²) < 4.78 is 31.6. The first-order valence-electron chi connectivity index (χ1n) is 16.0. The number of aryl methyl sites for hydroxylation is 1. The lowest BCUT2D eigenvalue weighted by molar-refractivity contribution is -0.141. The van der Waals surface area contributed by atoms with Crippen LogP contribution in [0, 0.1) is 0 Å². The quantitative estimate of drug-likeness (QED) is 0.325. The van der Waals surface area contributed by atoms with Crippen LogP contribution in [0.5, 0.6) is 34.5 Å². The summed E-state index contributed by atoms with van der Waals surface area (Å²) in [6.45, 7) is 5.50. The summed E-state index contributed by atoms with van der Waals surface area (Å²) in [6, 6.07) is 17.6. The minimum Gasteiger partial charge on any atom is -0.493 e. The number of carbonyl (C=O) groups is 2. The number of likely N-dealkylation sites (tertiary alicyclic amines) is 1. The van der Waals surface area contributed by atoms with Crippen molar-refractivity contribution in [3.05, 3.63) is 83.9 Å². The summed E-state index contributed by atoms with van der Waals surface area (Å²) in [4.78, 5) is 33.6. The molecule has 0 saturated carbocycles. The second-order valence-electron chi connectivity index (χ2n) is 11.6. The third kappa shape index (κ3) is 7.31. The van der Waals surface area contributed by atoms with Gasteiger partial charge >= 0.3 is 0 Å². The Bertz CT molecular complexity index is 1730. The first kappa shape index (κ1) is 32.6. The van der Waals surface area contributed by atoms with Crippen molar-refractivity contribution in [3.8, 4) is 34.5 Å². The lowest BCUT2D eigenvalue weighted by Crippen LogP contribution is -2.57. The number of amides is 2. The smallest absolute Gasteiger partial charge is 0.264 e. The number of rotatable bonds is 5. The van der Waals surface area contributed by atoms with E-state index in [2.05, 4.69) is 25.6 Å². The van der Waals surface area contributed by atoms with E-state index in [1.165, 1.54) is 7.11 Å². The maximum Gasteiger partial charge on any atom is 0.264 e. The van der Waals surface area contributed by atoms with Crippen molar-refractivity contribution >= 4 is 11.8 Å². The Kier molecular flexibility index (Phi) is 9.95. The van der Waals surface area contributed by atoms with Gasteiger partial charge in [-0.25, -0.2) is 9.67 Å². The highest BCUT2D eigenvalue weighted by molar-refractivity contribution is 5.94. The molecule has 2 N–H and O–H groups in total. The number of aromatic nitrogens is 3. The average Bonchev–Trinajstić information content (AvgIpc) is 3.57. The van der Waals surface area contributed by atoms with Crippen LogP contribution in [0.15, 0.2) is 67.0 Å². The number of hydrogen-bond acceptors (Lipinski definition) is 10. The number of carbonyl (C=O) groups excluding carboxylic acids is 2. The minimum atomic E-state index is -1.09. The van der Waals surface area contributed by atoms with E-state index in [-0.39, 0.29) is 31.5 Å². The van der Waals surface area contributed by atoms with Gasteiger partial charge in [0, 0.05) is 44.6 Å². The number of ether oxygens (including phenoxy) is 5. The lowest BCUT2D eigenvalue weighted by atomic mass is 9.89. The highest BCUT2D eigenvalue weighted by Crippen LogP contribution is 2.38. The van der Waals surface area contributed by atoms with Gasteiger partial charge in [0.2, 0.25) is 0 Å². The van der Waals surface area contributed by atoms with Crippen molar-refractivity contribution in [2.75, 3.05) is 40.5 Å². The van der Waals surface area contributed by atoms with Crippen LogP contribution in [0.4, 0.5) is 0 Å². The van der Waals surface area contributed by atoms with Gasteiger partial charge in [0.15, 0.2) is 28.6 Å². The number of hydrogen-bond donors (Lipinski definition) is 2. The Balaban J connectivity index is 1.26. The number of benzene rings is 3. The monoisotopic (exact) mass is 656 g/mol. The van der Waals surface area contributed by atoms with Gasteiger partial charge in [-0.15, -0.1) is 0 Å². The normalized spacial score (nSPS) is 16.8. The predicted octanol–water partition coefficient (Wildman–Crippen LogP) is 3.96. The molecule has 0 aliphatic carbocycles. The van der Waals surface area contributed by atoms with Crippen LogP contribution in [-0.4, -0.2) is 77.5 Å². The fourth-order valence-corrected chi connectivity index (χ4v) is 5.85. The molecule has 5 aliphatic heterocycles. The summed E-state index contributed by atoms with van der Waals surface area (Å²) in [6.07, 6.45) is 2.53. The molecule has 6 bridgehead atoms. The Morgan fingerprint density at radius 1 is 0.896 bits per heavy atom. The van der Waals surface area contributed by atoms with Crippen LogP contribution < -0.4 is 34.3 Å². The molecule has 1 aromatic heterocycles. The zero-order valence-corrected chi connectivity index (χ0v) is 27.4. The standard InChI is InChI=1S/C35H40N6O7/c1-4-41-32(38-23-39-41)22-40-16-13-35(14-17-40)34(43)37-21-24-5-11-28(30(19-24)44-2)47-29-12-6-25(20-31(29)45-3)33(42)36-15-18-46-26-7-9-27(48-35)10-8-26/h5-12,19-20,23H,4,13-18,21-22H2,1-3H3,(H,36,42)(H,37,43). The molecule has 1 fully saturated rings. The van der Waals surface area contributed by atoms with Gasteiger partial charge in [-0.1, -0.05) is 6.07 Å². The molecule has 13 nitrogen and oxygen atoms in total. The van der Waals surface area contributed by atoms with E-state index >= 15 is 0 Å². The largest absolute Gasteiger partial charge is 0.493 e. The van der Waals surface area contributed by atoms with Gasteiger partial charge in [-0.2, -0.15) is 5.10 Å². The first-order valence-corrected chi connectivity index (χ1v) is 16.0. The molecular formula is C35H40N6O7. The molecule has 4 aromatic rings. The van der Waals surface area contributed by atoms with Gasteiger partial charge in [-0.3, -0.25) is 14.5 Å². The molecule has 9 rings (SSSR count). The Morgan fingerprint density at radius 2 is 1.60 bits per heavy atom. The summed E-state index contributed by atoms with van der Waals surface area (Å²) in [7, 11) is 3.06. The molecular weight excluding hydrogens is 616 g/mol. The first-order chi connectivity index (χ1) is 23.4. The van der Waals surface area contributed by atoms with Gasteiger partial charge in [-0.05, 0) is 67.1 Å². The molecule has 13 heteroatoms. The van der Waals surface area contributed by atoms with Crippen LogP contribution in [-0.2, 0) is 24.4 Å². The topological polar surface area (TPSA) is 138 Å². The molecule has 3 aromatic carbocycles. The fraction of sp³-hybridized carbons (Fsp3) is 0.371. The number of fused-ring (bicyclic) bond motifs is 3. The number of methoxy groups -OCH3 is 2.